The second-order valence-corrected chi connectivity index (χ2v) is 6.04. The minimum absolute atomic E-state index is 0.0850. The molecule has 1 heterocycles. The Kier molecular flexibility index (Phi) is 4.33. The van der Waals surface area contributed by atoms with E-state index in [0.717, 1.165) is 12.0 Å². The van der Waals surface area contributed by atoms with E-state index in [9.17, 15) is 9.90 Å². The maximum Gasteiger partial charge on any atom is 0.230 e. The number of nitrogens with zero attached hydrogens (tertiary/aromatic N) is 2. The molecular weight excluding hydrogens is 346 g/mol. The number of aryl methyl sites for hydroxylation is 1. The van der Waals surface area contributed by atoms with E-state index in [1.54, 1.807) is 24.4 Å². The van der Waals surface area contributed by atoms with Crippen LogP contribution in [0.5, 0.6) is 23.1 Å². The van der Waals surface area contributed by atoms with Gasteiger partial charge in [-0.25, -0.2) is 4.98 Å². The monoisotopic (exact) mass is 363 g/mol. The van der Waals surface area contributed by atoms with Gasteiger partial charge >= 0.3 is 0 Å². The second kappa shape index (κ2) is 6.95. The van der Waals surface area contributed by atoms with E-state index in [1.807, 2.05) is 12.1 Å². The minimum atomic E-state index is 0.0850. The number of rotatable bonds is 5. The van der Waals surface area contributed by atoms with Crippen LogP contribution in [0.4, 0.5) is 11.6 Å². The molecule has 0 radical (unpaired) electrons. The highest BCUT2D eigenvalue weighted by Crippen LogP contribution is 2.34. The van der Waals surface area contributed by atoms with Gasteiger partial charge in [0.05, 0.1) is 18.4 Å². The van der Waals surface area contributed by atoms with Crippen LogP contribution in [0.15, 0.2) is 48.7 Å². The van der Waals surface area contributed by atoms with Crippen LogP contribution in [-0.2, 0) is 6.42 Å². The molecule has 0 saturated heterocycles. The van der Waals surface area contributed by atoms with Crippen molar-refractivity contribution in [1.82, 2.24) is 9.97 Å². The third-order valence-corrected chi connectivity index (χ3v) is 4.29. The van der Waals surface area contributed by atoms with E-state index in [0.29, 0.717) is 41.0 Å². The summed E-state index contributed by atoms with van der Waals surface area (Å²) < 4.78 is 11.1. The molecule has 1 aliphatic rings. The van der Waals surface area contributed by atoms with Gasteiger partial charge in [-0.1, -0.05) is 12.1 Å². The summed E-state index contributed by atoms with van der Waals surface area (Å²) in [4.78, 5) is 20.6. The fraction of sp³-hybridized carbons (Fsp3) is 0.150. The van der Waals surface area contributed by atoms with Crippen molar-refractivity contribution in [2.24, 2.45) is 0 Å². The number of benzene rings is 2. The SMILES string of the molecule is COc1cc(O)ccc1Nc1nccc(Oc2cccc3c2C(=O)CC3)n1. The zero-order valence-corrected chi connectivity index (χ0v) is 14.6. The molecule has 4 rings (SSSR count). The van der Waals surface area contributed by atoms with Crippen LogP contribution in [-0.4, -0.2) is 28.0 Å². The number of anilines is 2. The number of nitrogens with one attached hydrogen (secondary N) is 1. The molecule has 136 valence electrons. The lowest BCUT2D eigenvalue weighted by atomic mass is 10.1. The van der Waals surface area contributed by atoms with E-state index >= 15 is 0 Å². The molecule has 0 spiro atoms. The fourth-order valence-corrected chi connectivity index (χ4v) is 3.04. The van der Waals surface area contributed by atoms with E-state index in [-0.39, 0.29) is 11.5 Å². The molecule has 0 aliphatic heterocycles. The predicted molar refractivity (Wildman–Crippen MR) is 99.1 cm³/mol. The number of phenolic OH excluding ortho intramolecular Hbond substituents is 1. The molecule has 0 atom stereocenters. The number of hydrogen-bond donors (Lipinski definition) is 2. The third-order valence-electron chi connectivity index (χ3n) is 4.29. The van der Waals surface area contributed by atoms with Gasteiger partial charge in [-0.05, 0) is 30.2 Å². The lowest BCUT2D eigenvalue weighted by Gasteiger charge is -2.12. The highest BCUT2D eigenvalue weighted by molar-refractivity contribution is 6.02. The van der Waals surface area contributed by atoms with Crippen molar-refractivity contribution in [3.05, 3.63) is 59.8 Å². The number of methoxy groups -OCH3 is 1. The van der Waals surface area contributed by atoms with Crippen molar-refractivity contribution in [3.8, 4) is 23.1 Å². The Morgan fingerprint density at radius 3 is 2.85 bits per heavy atom. The average molecular weight is 363 g/mol. The Balaban J connectivity index is 1.59. The molecule has 0 unspecified atom stereocenters. The summed E-state index contributed by atoms with van der Waals surface area (Å²) in [5.74, 6) is 1.76. The van der Waals surface area contributed by atoms with E-state index < -0.39 is 0 Å². The van der Waals surface area contributed by atoms with Crippen LogP contribution in [0.3, 0.4) is 0 Å². The Bertz CT molecular complexity index is 1020. The molecule has 1 aliphatic carbocycles. The first-order chi connectivity index (χ1) is 13.1. The molecular formula is C20H17N3O4. The van der Waals surface area contributed by atoms with Gasteiger partial charge < -0.3 is 19.9 Å². The number of Topliss-reactive ketones (excluding diaryl/α,β-unsaturated/α-hetero) is 1. The number of fused-ring (bicyclic) bond motifs is 1. The van der Waals surface area contributed by atoms with Crippen molar-refractivity contribution in [1.29, 1.82) is 0 Å². The molecule has 0 amide bonds. The summed E-state index contributed by atoms with van der Waals surface area (Å²) in [6, 6.07) is 11.9. The van der Waals surface area contributed by atoms with E-state index in [4.69, 9.17) is 9.47 Å². The Morgan fingerprint density at radius 2 is 2.00 bits per heavy atom. The van der Waals surface area contributed by atoms with Gasteiger partial charge in [0, 0.05) is 24.8 Å². The lowest BCUT2D eigenvalue weighted by Crippen LogP contribution is -2.01. The number of carbonyl (C=O) groups excluding carboxylic acids is 1. The van der Waals surface area contributed by atoms with Crippen molar-refractivity contribution in [2.45, 2.75) is 12.8 Å². The predicted octanol–water partition coefficient (Wildman–Crippen LogP) is 3.86. The molecule has 1 aromatic heterocycles. The van der Waals surface area contributed by atoms with Crippen LogP contribution in [0.2, 0.25) is 0 Å². The standard InChI is InChI=1S/C20H17N3O4/c1-26-17-11-13(24)6-7-14(17)22-20-21-10-9-18(23-20)27-16-4-2-3-12-5-8-15(25)19(12)16/h2-4,6-7,9-11,24H,5,8H2,1H3,(H,21,22,23). The van der Waals surface area contributed by atoms with Crippen LogP contribution >= 0.6 is 0 Å². The van der Waals surface area contributed by atoms with Crippen LogP contribution in [0.25, 0.3) is 0 Å². The van der Waals surface area contributed by atoms with Gasteiger partial charge in [0.1, 0.15) is 17.2 Å². The Hall–Kier alpha value is -3.61. The maximum atomic E-state index is 12.1. The summed E-state index contributed by atoms with van der Waals surface area (Å²) in [6.45, 7) is 0. The summed E-state index contributed by atoms with van der Waals surface area (Å²) in [6.07, 6.45) is 2.80. The number of ether oxygens (including phenoxy) is 2. The first kappa shape index (κ1) is 16.8. The number of hydrogen-bond acceptors (Lipinski definition) is 7. The van der Waals surface area contributed by atoms with Crippen LogP contribution in [0, 0.1) is 0 Å². The van der Waals surface area contributed by atoms with Gasteiger partial charge in [0.2, 0.25) is 11.8 Å². The Labute approximate surface area is 155 Å². The minimum Gasteiger partial charge on any atom is -0.508 e. The van der Waals surface area contributed by atoms with Crippen molar-refractivity contribution in [2.75, 3.05) is 12.4 Å². The van der Waals surface area contributed by atoms with Crippen molar-refractivity contribution >= 4 is 17.4 Å². The molecule has 7 heteroatoms. The van der Waals surface area contributed by atoms with Crippen LogP contribution in [0.1, 0.15) is 22.3 Å². The number of ketones is 1. The third kappa shape index (κ3) is 3.39. The largest absolute Gasteiger partial charge is 0.508 e. The van der Waals surface area contributed by atoms with Crippen LogP contribution < -0.4 is 14.8 Å². The highest BCUT2D eigenvalue weighted by Gasteiger charge is 2.24. The molecule has 2 N–H and O–H groups in total. The topological polar surface area (TPSA) is 93.6 Å². The number of phenols is 1. The Morgan fingerprint density at radius 1 is 1.11 bits per heavy atom. The van der Waals surface area contributed by atoms with Gasteiger partial charge in [-0.3, -0.25) is 4.79 Å². The summed E-state index contributed by atoms with van der Waals surface area (Å²) >= 11 is 0. The number of carbonyl (C=O) groups is 1. The molecule has 7 nitrogen and oxygen atoms in total. The smallest absolute Gasteiger partial charge is 0.230 e. The number of aromatic nitrogens is 2. The van der Waals surface area contributed by atoms with Gasteiger partial charge in [0.25, 0.3) is 0 Å². The maximum absolute atomic E-state index is 12.1. The summed E-state index contributed by atoms with van der Waals surface area (Å²) in [7, 11) is 1.51. The van der Waals surface area contributed by atoms with E-state index in [1.165, 1.54) is 19.2 Å². The first-order valence-electron chi connectivity index (χ1n) is 8.44. The zero-order chi connectivity index (χ0) is 18.8. The highest BCUT2D eigenvalue weighted by atomic mass is 16.5. The number of aromatic hydroxyl groups is 1. The first-order valence-corrected chi connectivity index (χ1v) is 8.44. The molecule has 3 aromatic rings. The molecule has 0 saturated carbocycles. The summed E-state index contributed by atoms with van der Waals surface area (Å²) in [5.41, 5.74) is 2.23. The van der Waals surface area contributed by atoms with Gasteiger partial charge in [-0.2, -0.15) is 4.98 Å². The van der Waals surface area contributed by atoms with Gasteiger partial charge in [-0.15, -0.1) is 0 Å². The zero-order valence-electron chi connectivity index (χ0n) is 14.6. The molecule has 0 fully saturated rings. The van der Waals surface area contributed by atoms with E-state index in [2.05, 4.69) is 15.3 Å². The lowest BCUT2D eigenvalue weighted by molar-refractivity contribution is 0.0992. The fourth-order valence-electron chi connectivity index (χ4n) is 3.04. The molecule has 0 bridgehead atoms. The quantitative estimate of drug-likeness (QED) is 0.665. The summed E-state index contributed by atoms with van der Waals surface area (Å²) in [5, 5.41) is 12.6. The average Bonchev–Trinajstić information content (AvgIpc) is 3.06. The van der Waals surface area contributed by atoms with Crippen molar-refractivity contribution < 1.29 is 19.4 Å². The molecule has 2 aromatic carbocycles. The second-order valence-electron chi connectivity index (χ2n) is 6.04. The van der Waals surface area contributed by atoms with Crippen molar-refractivity contribution in [3.63, 3.8) is 0 Å². The van der Waals surface area contributed by atoms with Gasteiger partial charge in [0.15, 0.2) is 5.78 Å². The normalized spacial score (nSPS) is 12.6. The molecule has 27 heavy (non-hydrogen) atoms.